The topological polar surface area (TPSA) is 89.1 Å². The third kappa shape index (κ3) is 1.98. The Morgan fingerprint density at radius 2 is 2.14 bits per heavy atom. The van der Waals surface area contributed by atoms with Crippen molar-refractivity contribution >= 4 is 33.6 Å². The Morgan fingerprint density at radius 3 is 2.81 bits per heavy atom. The van der Waals surface area contributed by atoms with Gasteiger partial charge in [0, 0.05) is 17.0 Å². The SMILES string of the molecule is CCc1c(C(=O)O)cnc2c(N)nc3cc(C)ccc3c12. The zero-order valence-corrected chi connectivity index (χ0v) is 11.8. The summed E-state index contributed by atoms with van der Waals surface area (Å²) in [4.78, 5) is 20.0. The number of nitrogens with zero attached hydrogens (tertiary/aromatic N) is 2. The molecule has 0 saturated carbocycles. The van der Waals surface area contributed by atoms with Crippen LogP contribution in [0.4, 0.5) is 5.82 Å². The van der Waals surface area contributed by atoms with Crippen LogP contribution >= 0.6 is 0 Å². The zero-order chi connectivity index (χ0) is 15.1. The number of pyridine rings is 2. The van der Waals surface area contributed by atoms with Crippen LogP contribution in [-0.4, -0.2) is 21.0 Å². The summed E-state index contributed by atoms with van der Waals surface area (Å²) in [6.07, 6.45) is 1.95. The summed E-state index contributed by atoms with van der Waals surface area (Å²) in [5, 5.41) is 11.0. The number of carboxylic acids is 1. The van der Waals surface area contributed by atoms with Gasteiger partial charge in [-0.3, -0.25) is 4.98 Å². The lowest BCUT2D eigenvalue weighted by Gasteiger charge is -2.12. The number of rotatable bonds is 2. The Kier molecular flexibility index (Phi) is 2.97. The second-order valence-electron chi connectivity index (χ2n) is 5.05. The van der Waals surface area contributed by atoms with Gasteiger partial charge in [-0.1, -0.05) is 19.1 Å². The largest absolute Gasteiger partial charge is 0.478 e. The molecule has 1 aromatic carbocycles. The van der Waals surface area contributed by atoms with Gasteiger partial charge in [-0.2, -0.15) is 0 Å². The fourth-order valence-electron chi connectivity index (χ4n) is 2.71. The number of benzene rings is 1. The lowest BCUT2D eigenvalue weighted by molar-refractivity contribution is 0.0695. The number of carbonyl (C=O) groups is 1. The van der Waals surface area contributed by atoms with E-state index in [1.165, 1.54) is 6.20 Å². The summed E-state index contributed by atoms with van der Waals surface area (Å²) < 4.78 is 0. The molecule has 0 amide bonds. The van der Waals surface area contributed by atoms with E-state index in [2.05, 4.69) is 9.97 Å². The van der Waals surface area contributed by atoms with Gasteiger partial charge in [-0.05, 0) is 30.5 Å². The fraction of sp³-hybridized carbons (Fsp3) is 0.188. The molecule has 0 radical (unpaired) electrons. The third-order valence-electron chi connectivity index (χ3n) is 3.68. The van der Waals surface area contributed by atoms with Gasteiger partial charge in [0.15, 0.2) is 5.82 Å². The lowest BCUT2D eigenvalue weighted by Crippen LogP contribution is -2.06. The van der Waals surface area contributed by atoms with Crippen molar-refractivity contribution in [3.8, 4) is 0 Å². The van der Waals surface area contributed by atoms with Crippen molar-refractivity contribution in [2.24, 2.45) is 0 Å². The van der Waals surface area contributed by atoms with Gasteiger partial charge in [-0.25, -0.2) is 9.78 Å². The summed E-state index contributed by atoms with van der Waals surface area (Å²) in [6.45, 7) is 3.91. The van der Waals surface area contributed by atoms with Crippen LogP contribution in [0.25, 0.3) is 21.8 Å². The number of aryl methyl sites for hydroxylation is 2. The van der Waals surface area contributed by atoms with Gasteiger partial charge >= 0.3 is 5.97 Å². The maximum Gasteiger partial charge on any atom is 0.337 e. The van der Waals surface area contributed by atoms with Crippen molar-refractivity contribution in [2.45, 2.75) is 20.3 Å². The van der Waals surface area contributed by atoms with Crippen LogP contribution in [0, 0.1) is 6.92 Å². The first-order valence-electron chi connectivity index (χ1n) is 6.73. The van der Waals surface area contributed by atoms with Crippen molar-refractivity contribution in [1.82, 2.24) is 9.97 Å². The first-order valence-corrected chi connectivity index (χ1v) is 6.73. The van der Waals surface area contributed by atoms with E-state index in [-0.39, 0.29) is 5.56 Å². The molecule has 0 saturated heterocycles. The minimum atomic E-state index is -0.975. The standard InChI is InChI=1S/C16H15N3O2/c1-3-9-11(16(20)21)7-18-14-13(9)10-5-4-8(2)6-12(10)19-15(14)17/h4-7H,3H2,1-2H3,(H2,17,19)(H,20,21). The molecule has 3 aromatic rings. The number of hydrogen-bond acceptors (Lipinski definition) is 4. The van der Waals surface area contributed by atoms with Crippen LogP contribution in [0.15, 0.2) is 24.4 Å². The average molecular weight is 281 g/mol. The van der Waals surface area contributed by atoms with Crippen LogP contribution in [0.3, 0.4) is 0 Å². The molecule has 2 heterocycles. The fourth-order valence-corrected chi connectivity index (χ4v) is 2.71. The second-order valence-corrected chi connectivity index (χ2v) is 5.05. The Labute approximate surface area is 121 Å². The molecule has 0 unspecified atom stereocenters. The molecule has 0 spiro atoms. The number of carboxylic acid groups (broad SMARTS) is 1. The Morgan fingerprint density at radius 1 is 1.38 bits per heavy atom. The highest BCUT2D eigenvalue weighted by Crippen LogP contribution is 2.31. The van der Waals surface area contributed by atoms with Crippen LogP contribution < -0.4 is 5.73 Å². The molecular weight excluding hydrogens is 266 g/mol. The average Bonchev–Trinajstić information content (AvgIpc) is 2.45. The predicted octanol–water partition coefficient (Wildman–Crippen LogP) is 2.93. The van der Waals surface area contributed by atoms with Crippen molar-refractivity contribution in [1.29, 1.82) is 0 Å². The Balaban J connectivity index is 2.58. The van der Waals surface area contributed by atoms with E-state index in [9.17, 15) is 9.90 Å². The molecular formula is C16H15N3O2. The van der Waals surface area contributed by atoms with Crippen LogP contribution in [-0.2, 0) is 6.42 Å². The minimum Gasteiger partial charge on any atom is -0.478 e. The van der Waals surface area contributed by atoms with Crippen molar-refractivity contribution in [3.63, 3.8) is 0 Å². The maximum absolute atomic E-state index is 11.4. The molecule has 3 rings (SSSR count). The van der Waals surface area contributed by atoms with E-state index in [1.807, 2.05) is 32.0 Å². The van der Waals surface area contributed by atoms with E-state index >= 15 is 0 Å². The number of aromatic carboxylic acids is 1. The summed E-state index contributed by atoms with van der Waals surface area (Å²) in [5.41, 5.74) is 9.37. The number of nitrogen functional groups attached to an aromatic ring is 1. The number of nitrogens with two attached hydrogens (primary N) is 1. The highest BCUT2D eigenvalue weighted by Gasteiger charge is 2.17. The summed E-state index contributed by atoms with van der Waals surface area (Å²) in [5.74, 6) is -0.647. The van der Waals surface area contributed by atoms with Crippen LogP contribution in [0.5, 0.6) is 0 Å². The van der Waals surface area contributed by atoms with Gasteiger partial charge < -0.3 is 10.8 Å². The first kappa shape index (κ1) is 13.3. The minimum absolute atomic E-state index is 0.220. The van der Waals surface area contributed by atoms with E-state index < -0.39 is 5.97 Å². The Hall–Kier alpha value is -2.69. The van der Waals surface area contributed by atoms with Crippen molar-refractivity contribution < 1.29 is 9.90 Å². The molecule has 5 nitrogen and oxygen atoms in total. The maximum atomic E-state index is 11.4. The summed E-state index contributed by atoms with van der Waals surface area (Å²) in [7, 11) is 0. The highest BCUT2D eigenvalue weighted by atomic mass is 16.4. The van der Waals surface area contributed by atoms with Gasteiger partial charge in [0.25, 0.3) is 0 Å². The third-order valence-corrected chi connectivity index (χ3v) is 3.68. The smallest absolute Gasteiger partial charge is 0.337 e. The zero-order valence-electron chi connectivity index (χ0n) is 11.8. The van der Waals surface area contributed by atoms with Crippen molar-refractivity contribution in [3.05, 3.63) is 41.1 Å². The Bertz CT molecular complexity index is 888. The molecule has 0 aliphatic rings. The molecule has 0 atom stereocenters. The van der Waals surface area contributed by atoms with E-state index in [1.54, 1.807) is 0 Å². The molecule has 106 valence electrons. The summed E-state index contributed by atoms with van der Waals surface area (Å²) >= 11 is 0. The van der Waals surface area contributed by atoms with Gasteiger partial charge in [0.2, 0.25) is 0 Å². The van der Waals surface area contributed by atoms with Crippen LogP contribution in [0.2, 0.25) is 0 Å². The van der Waals surface area contributed by atoms with Gasteiger partial charge in [-0.15, -0.1) is 0 Å². The molecule has 5 heteroatoms. The quantitative estimate of drug-likeness (QED) is 0.705. The van der Waals surface area contributed by atoms with Crippen LogP contribution in [0.1, 0.15) is 28.4 Å². The number of anilines is 1. The molecule has 3 N–H and O–H groups in total. The number of fused-ring (bicyclic) bond motifs is 3. The van der Waals surface area contributed by atoms with E-state index in [0.717, 1.165) is 27.4 Å². The molecule has 2 aromatic heterocycles. The first-order chi connectivity index (χ1) is 10.0. The normalized spacial score (nSPS) is 11.1. The molecule has 0 fully saturated rings. The van der Waals surface area contributed by atoms with Gasteiger partial charge in [0.1, 0.15) is 5.52 Å². The number of aromatic nitrogens is 2. The molecule has 0 bridgehead atoms. The summed E-state index contributed by atoms with van der Waals surface area (Å²) in [6, 6.07) is 5.87. The molecule has 21 heavy (non-hydrogen) atoms. The van der Waals surface area contributed by atoms with E-state index in [4.69, 9.17) is 5.73 Å². The second kappa shape index (κ2) is 4.70. The van der Waals surface area contributed by atoms with E-state index in [0.29, 0.717) is 17.8 Å². The molecule has 0 aliphatic carbocycles. The van der Waals surface area contributed by atoms with Gasteiger partial charge in [0.05, 0.1) is 11.1 Å². The lowest BCUT2D eigenvalue weighted by atomic mass is 9.97. The highest BCUT2D eigenvalue weighted by molar-refractivity contribution is 6.12. The predicted molar refractivity (Wildman–Crippen MR) is 82.5 cm³/mol. The van der Waals surface area contributed by atoms with Crippen molar-refractivity contribution in [2.75, 3.05) is 5.73 Å². The molecule has 0 aliphatic heterocycles. The number of hydrogen-bond donors (Lipinski definition) is 2. The monoisotopic (exact) mass is 281 g/mol.